The maximum atomic E-state index is 9.23. The van der Waals surface area contributed by atoms with Crippen molar-refractivity contribution in [1.82, 2.24) is 0 Å². The van der Waals surface area contributed by atoms with E-state index in [1.807, 2.05) is 0 Å². The smallest absolute Gasteiger partial charge is 0.0910 e. The van der Waals surface area contributed by atoms with Gasteiger partial charge in [-0.1, -0.05) is 6.08 Å². The summed E-state index contributed by atoms with van der Waals surface area (Å²) in [6.45, 7) is 3.47. The highest BCUT2D eigenvalue weighted by Crippen LogP contribution is 2.39. The van der Waals surface area contributed by atoms with Crippen LogP contribution in [0.3, 0.4) is 0 Å². The third-order valence-electron chi connectivity index (χ3n) is 1.77. The van der Waals surface area contributed by atoms with Crippen LogP contribution < -0.4 is 0 Å². The summed E-state index contributed by atoms with van der Waals surface area (Å²) in [6, 6.07) is 0. The van der Waals surface area contributed by atoms with Gasteiger partial charge in [0.2, 0.25) is 0 Å². The molecule has 0 spiro atoms. The molecule has 2 nitrogen and oxygen atoms in total. The molecule has 0 heterocycles. The number of aliphatic hydroxyl groups is 2. The van der Waals surface area contributed by atoms with E-state index in [0.717, 1.165) is 12.8 Å². The molecule has 1 saturated carbocycles. The highest BCUT2D eigenvalue weighted by molar-refractivity contribution is 5.01. The minimum atomic E-state index is -0.756. The Morgan fingerprint density at radius 3 is 2.56 bits per heavy atom. The van der Waals surface area contributed by atoms with Crippen molar-refractivity contribution in [3.8, 4) is 0 Å². The van der Waals surface area contributed by atoms with Crippen LogP contribution in [-0.2, 0) is 0 Å². The van der Waals surface area contributed by atoms with Gasteiger partial charge in [-0.3, -0.25) is 0 Å². The van der Waals surface area contributed by atoms with Gasteiger partial charge in [0.15, 0.2) is 0 Å². The second-order valence-corrected chi connectivity index (χ2v) is 2.64. The van der Waals surface area contributed by atoms with Crippen LogP contribution in [-0.4, -0.2) is 21.9 Å². The number of hydrogen-bond acceptors (Lipinski definition) is 2. The van der Waals surface area contributed by atoms with Gasteiger partial charge in [0.1, 0.15) is 0 Å². The molecule has 0 bridgehead atoms. The van der Waals surface area contributed by atoms with Gasteiger partial charge >= 0.3 is 0 Å². The zero-order valence-corrected chi connectivity index (χ0v) is 5.38. The molecule has 52 valence electrons. The van der Waals surface area contributed by atoms with Crippen molar-refractivity contribution in [2.75, 3.05) is 0 Å². The normalized spacial score (nSPS) is 25.1. The van der Waals surface area contributed by atoms with E-state index in [9.17, 15) is 5.11 Å². The Hall–Kier alpha value is -0.340. The number of rotatable bonds is 3. The Labute approximate surface area is 54.8 Å². The van der Waals surface area contributed by atoms with Crippen LogP contribution in [0.4, 0.5) is 0 Å². The van der Waals surface area contributed by atoms with E-state index in [-0.39, 0.29) is 0 Å². The zero-order valence-electron chi connectivity index (χ0n) is 5.38. The van der Waals surface area contributed by atoms with Crippen molar-refractivity contribution in [3.63, 3.8) is 0 Å². The summed E-state index contributed by atoms with van der Waals surface area (Å²) < 4.78 is 0. The lowest BCUT2D eigenvalue weighted by atomic mass is 10.1. The van der Waals surface area contributed by atoms with Gasteiger partial charge < -0.3 is 10.2 Å². The first-order valence-electron chi connectivity index (χ1n) is 3.20. The predicted molar refractivity (Wildman–Crippen MR) is 35.0 cm³/mol. The Morgan fingerprint density at radius 2 is 2.22 bits per heavy atom. The van der Waals surface area contributed by atoms with E-state index in [0.29, 0.717) is 6.42 Å². The fraction of sp³-hybridized carbons (Fsp3) is 0.714. The summed E-state index contributed by atoms with van der Waals surface area (Å²) >= 11 is 0. The van der Waals surface area contributed by atoms with Gasteiger partial charge in [-0.2, -0.15) is 0 Å². The fourth-order valence-electron chi connectivity index (χ4n) is 0.839. The summed E-state index contributed by atoms with van der Waals surface area (Å²) in [4.78, 5) is 0. The van der Waals surface area contributed by atoms with Gasteiger partial charge in [-0.25, -0.2) is 0 Å². The largest absolute Gasteiger partial charge is 0.390 e. The van der Waals surface area contributed by atoms with Crippen molar-refractivity contribution < 1.29 is 10.2 Å². The van der Waals surface area contributed by atoms with Gasteiger partial charge in [0.05, 0.1) is 11.7 Å². The second-order valence-electron chi connectivity index (χ2n) is 2.64. The molecular weight excluding hydrogens is 116 g/mol. The summed E-state index contributed by atoms with van der Waals surface area (Å²) in [5.41, 5.74) is -0.756. The molecule has 2 N–H and O–H groups in total. The molecule has 0 saturated heterocycles. The van der Waals surface area contributed by atoms with Gasteiger partial charge in [0, 0.05) is 0 Å². The molecule has 0 aliphatic heterocycles. The third-order valence-corrected chi connectivity index (χ3v) is 1.77. The average molecular weight is 128 g/mol. The van der Waals surface area contributed by atoms with E-state index in [1.54, 1.807) is 6.08 Å². The Kier molecular flexibility index (Phi) is 1.60. The van der Waals surface area contributed by atoms with Crippen molar-refractivity contribution in [2.45, 2.75) is 31.0 Å². The lowest BCUT2D eigenvalue weighted by Crippen LogP contribution is -2.26. The van der Waals surface area contributed by atoms with E-state index in [1.165, 1.54) is 0 Å². The third kappa shape index (κ3) is 1.32. The van der Waals surface area contributed by atoms with Gasteiger partial charge in [-0.05, 0) is 19.3 Å². The standard InChI is InChI=1S/C7H12O2/c1-2-3-6(8)7(9)4-5-7/h2,6,8-9H,1,3-5H2/t6-/m0/s1. The molecule has 1 rings (SSSR count). The molecule has 1 atom stereocenters. The molecule has 0 radical (unpaired) electrons. The van der Waals surface area contributed by atoms with Crippen molar-refractivity contribution in [1.29, 1.82) is 0 Å². The molecule has 1 aliphatic carbocycles. The van der Waals surface area contributed by atoms with E-state index in [4.69, 9.17) is 5.11 Å². The molecule has 0 unspecified atom stereocenters. The maximum Gasteiger partial charge on any atom is 0.0910 e. The van der Waals surface area contributed by atoms with Crippen molar-refractivity contribution >= 4 is 0 Å². The van der Waals surface area contributed by atoms with Crippen LogP contribution in [0.15, 0.2) is 12.7 Å². The van der Waals surface area contributed by atoms with Crippen LogP contribution in [0.2, 0.25) is 0 Å². The Morgan fingerprint density at radius 1 is 1.67 bits per heavy atom. The molecule has 0 amide bonds. The maximum absolute atomic E-state index is 9.23. The zero-order chi connectivity index (χ0) is 6.91. The first-order chi connectivity index (χ1) is 4.19. The molecule has 2 heteroatoms. The quantitative estimate of drug-likeness (QED) is 0.542. The summed E-state index contributed by atoms with van der Waals surface area (Å²) in [7, 11) is 0. The molecule has 1 fully saturated rings. The van der Waals surface area contributed by atoms with Crippen LogP contribution in [0.1, 0.15) is 19.3 Å². The van der Waals surface area contributed by atoms with Crippen LogP contribution >= 0.6 is 0 Å². The first-order valence-corrected chi connectivity index (χ1v) is 3.20. The average Bonchev–Trinajstić information content (AvgIpc) is 2.50. The number of hydrogen-bond donors (Lipinski definition) is 2. The molecular formula is C7H12O2. The second kappa shape index (κ2) is 2.12. The Bertz CT molecular complexity index is 116. The monoisotopic (exact) mass is 128 g/mol. The molecule has 0 aromatic rings. The molecule has 9 heavy (non-hydrogen) atoms. The van der Waals surface area contributed by atoms with Gasteiger partial charge in [-0.15, -0.1) is 6.58 Å². The summed E-state index contributed by atoms with van der Waals surface area (Å²) in [6.07, 6.45) is 3.01. The highest BCUT2D eigenvalue weighted by atomic mass is 16.3. The van der Waals surface area contributed by atoms with E-state index < -0.39 is 11.7 Å². The number of aliphatic hydroxyl groups excluding tert-OH is 1. The predicted octanol–water partition coefficient (Wildman–Crippen LogP) is 0.448. The topological polar surface area (TPSA) is 40.5 Å². The van der Waals surface area contributed by atoms with Crippen molar-refractivity contribution in [2.24, 2.45) is 0 Å². The van der Waals surface area contributed by atoms with Crippen LogP contribution in [0.5, 0.6) is 0 Å². The lowest BCUT2D eigenvalue weighted by molar-refractivity contribution is 0.00191. The molecule has 1 aliphatic rings. The summed E-state index contributed by atoms with van der Waals surface area (Å²) in [5, 5.41) is 18.4. The minimum Gasteiger partial charge on any atom is -0.390 e. The van der Waals surface area contributed by atoms with E-state index in [2.05, 4.69) is 6.58 Å². The molecule has 0 aromatic heterocycles. The Balaban J connectivity index is 2.32. The SMILES string of the molecule is C=CC[C@H](O)C1(O)CC1. The lowest BCUT2D eigenvalue weighted by Gasteiger charge is -2.13. The highest BCUT2D eigenvalue weighted by Gasteiger charge is 2.46. The van der Waals surface area contributed by atoms with E-state index >= 15 is 0 Å². The van der Waals surface area contributed by atoms with Crippen LogP contribution in [0, 0.1) is 0 Å². The first kappa shape index (κ1) is 6.78. The minimum absolute atomic E-state index is 0.497. The fourth-order valence-corrected chi connectivity index (χ4v) is 0.839. The van der Waals surface area contributed by atoms with Crippen molar-refractivity contribution in [3.05, 3.63) is 12.7 Å². The van der Waals surface area contributed by atoms with Crippen LogP contribution in [0.25, 0.3) is 0 Å². The van der Waals surface area contributed by atoms with Gasteiger partial charge in [0.25, 0.3) is 0 Å². The summed E-state index contributed by atoms with van der Waals surface area (Å²) in [5.74, 6) is 0. The molecule has 0 aromatic carbocycles.